The van der Waals surface area contributed by atoms with E-state index in [0.717, 1.165) is 6.42 Å². The Labute approximate surface area is 293 Å². The number of rotatable bonds is 4. The van der Waals surface area contributed by atoms with Gasteiger partial charge in [0.05, 0.1) is 17.3 Å². The first-order valence-electron chi connectivity index (χ1n) is 18.6. The lowest BCUT2D eigenvalue weighted by atomic mass is 9.49. The molecule has 4 bridgehead atoms. The maximum atomic E-state index is 13.9. The van der Waals surface area contributed by atoms with Crippen molar-refractivity contribution in [3.8, 4) is 0 Å². The number of allylic oxidation sites excluding steroid dienone is 1. The summed E-state index contributed by atoms with van der Waals surface area (Å²) in [4.78, 5) is 29.3. The van der Waals surface area contributed by atoms with Gasteiger partial charge in [0.15, 0.2) is 6.10 Å². The molecule has 50 heavy (non-hydrogen) atoms. The van der Waals surface area contributed by atoms with Gasteiger partial charge in [-0.25, -0.2) is 9.59 Å². The van der Waals surface area contributed by atoms with Gasteiger partial charge in [-0.15, -0.1) is 0 Å². The van der Waals surface area contributed by atoms with Crippen LogP contribution in [0.2, 0.25) is 0 Å². The summed E-state index contributed by atoms with van der Waals surface area (Å²) < 4.78 is 19.9. The van der Waals surface area contributed by atoms with Crippen LogP contribution in [-0.4, -0.2) is 108 Å². The zero-order valence-electron chi connectivity index (χ0n) is 29.8. The minimum absolute atomic E-state index is 0.114. The second-order valence-electron chi connectivity index (χ2n) is 17.4. The van der Waals surface area contributed by atoms with Gasteiger partial charge in [0.2, 0.25) is 0 Å². The van der Waals surface area contributed by atoms with Gasteiger partial charge in [-0.3, -0.25) is 4.90 Å². The number of aliphatic hydroxyl groups excluding tert-OH is 1. The predicted molar refractivity (Wildman–Crippen MR) is 179 cm³/mol. The molecule has 7 aliphatic rings. The van der Waals surface area contributed by atoms with E-state index < -0.39 is 87.1 Å². The highest BCUT2D eigenvalue weighted by atomic mass is 16.8. The fraction of sp³-hybridized carbons (Fsp3) is 0.744. The average molecular weight is 696 g/mol. The number of hydrogen-bond donors (Lipinski definition) is 5. The molecule has 11 heteroatoms. The SMILES string of the molecule is C/C=C(\C)C(=O)OC1CC[C@@]2(C)[C@@H]3CC[C@H]4[C@]5(O)CC(O)[C@@]6(O)[C@@H](CN7C[C@@H](C)CC[C@H]7[C@@]6(C)O)[C@]5(O)C[C@@]42OC13OC(=O)c1ccccc1. The lowest BCUT2D eigenvalue weighted by molar-refractivity contribution is -0.354. The molecule has 8 rings (SSSR count). The maximum Gasteiger partial charge on any atom is 0.340 e. The quantitative estimate of drug-likeness (QED) is 0.232. The molecular weight excluding hydrogens is 642 g/mol. The smallest absolute Gasteiger partial charge is 0.340 e. The standard InChI is InChI=1S/C39H53NO10/c1-6-23(3)31(42)48-30-16-17-33(4)25-13-14-26-35(45)18-29(41)38(47)27(20-40-19-22(2)12-15-28(40)34(38,5)44)36(35,46)21-37(26,33)50-39(25,30)49-32(43)24-10-8-7-9-11-24/h6-11,22,25-30,41,44-47H,12-21H2,1-5H3/b23-6+/t22-,25-,26-,27-,28-,29?,30?,33-,34+,35+,36+,37+,38-,39?/m0/s1. The van der Waals surface area contributed by atoms with Crippen molar-refractivity contribution in [2.75, 3.05) is 13.1 Å². The molecule has 1 aromatic carbocycles. The maximum absolute atomic E-state index is 13.9. The Morgan fingerprint density at radius 1 is 0.940 bits per heavy atom. The van der Waals surface area contributed by atoms with Crippen LogP contribution in [0.5, 0.6) is 0 Å². The Balaban J connectivity index is 1.25. The van der Waals surface area contributed by atoms with Gasteiger partial charge >= 0.3 is 11.9 Å². The highest BCUT2D eigenvalue weighted by Gasteiger charge is 2.89. The van der Waals surface area contributed by atoms with Gasteiger partial charge in [-0.2, -0.15) is 0 Å². The predicted octanol–water partition coefficient (Wildman–Crippen LogP) is 2.86. The monoisotopic (exact) mass is 695 g/mol. The molecule has 0 radical (unpaired) electrons. The Hall–Kier alpha value is -2.38. The van der Waals surface area contributed by atoms with Crippen LogP contribution >= 0.6 is 0 Å². The summed E-state index contributed by atoms with van der Waals surface area (Å²) in [5, 5.41) is 63.0. The third kappa shape index (κ3) is 4.00. The summed E-state index contributed by atoms with van der Waals surface area (Å²) in [6.45, 7) is 9.99. The summed E-state index contributed by atoms with van der Waals surface area (Å²) in [5.41, 5.74) is -9.12. The van der Waals surface area contributed by atoms with E-state index in [0.29, 0.717) is 55.7 Å². The number of carbonyl (C=O) groups excluding carboxylic acids is 2. The lowest BCUT2D eigenvalue weighted by Crippen LogP contribution is -2.85. The van der Waals surface area contributed by atoms with E-state index in [-0.39, 0.29) is 19.4 Å². The second-order valence-corrected chi connectivity index (χ2v) is 17.4. The molecule has 0 amide bonds. The lowest BCUT2D eigenvalue weighted by Gasteiger charge is -2.68. The molecule has 1 aromatic rings. The molecule has 3 saturated heterocycles. The Bertz CT molecular complexity index is 1620. The van der Waals surface area contributed by atoms with Crippen LogP contribution in [0, 0.1) is 29.1 Å². The summed E-state index contributed by atoms with van der Waals surface area (Å²) in [5.74, 6) is -4.86. The third-order valence-electron chi connectivity index (χ3n) is 15.3. The minimum atomic E-state index is -2.12. The van der Waals surface area contributed by atoms with Crippen molar-refractivity contribution in [2.45, 2.75) is 138 Å². The molecule has 11 nitrogen and oxygen atoms in total. The average Bonchev–Trinajstić information content (AvgIpc) is 3.25. The Morgan fingerprint density at radius 2 is 1.64 bits per heavy atom. The van der Waals surface area contributed by atoms with Crippen LogP contribution in [0.4, 0.5) is 0 Å². The number of ether oxygens (including phenoxy) is 3. The molecule has 14 atom stereocenters. The highest BCUT2D eigenvalue weighted by Crippen LogP contribution is 2.78. The van der Waals surface area contributed by atoms with Gasteiger partial charge in [-0.1, -0.05) is 38.1 Å². The molecular formula is C39H53NO10. The molecule has 7 fully saturated rings. The highest BCUT2D eigenvalue weighted by molar-refractivity contribution is 5.90. The van der Waals surface area contributed by atoms with Crippen LogP contribution < -0.4 is 0 Å². The van der Waals surface area contributed by atoms with Crippen molar-refractivity contribution in [1.82, 2.24) is 4.90 Å². The number of esters is 2. The number of hydrogen-bond acceptors (Lipinski definition) is 11. The first-order valence-corrected chi connectivity index (χ1v) is 18.6. The van der Waals surface area contributed by atoms with Crippen molar-refractivity contribution in [2.24, 2.45) is 29.1 Å². The van der Waals surface area contributed by atoms with Gasteiger partial charge in [0.1, 0.15) is 22.4 Å². The zero-order valence-corrected chi connectivity index (χ0v) is 29.8. The van der Waals surface area contributed by atoms with E-state index in [4.69, 9.17) is 14.2 Å². The van der Waals surface area contributed by atoms with E-state index in [1.54, 1.807) is 57.2 Å². The first kappa shape index (κ1) is 34.7. The topological polar surface area (TPSA) is 166 Å². The minimum Gasteiger partial charge on any atom is -0.452 e. The van der Waals surface area contributed by atoms with Crippen molar-refractivity contribution in [3.63, 3.8) is 0 Å². The van der Waals surface area contributed by atoms with Crippen LogP contribution in [0.25, 0.3) is 0 Å². The second kappa shape index (κ2) is 10.8. The van der Waals surface area contributed by atoms with E-state index in [1.165, 1.54) is 0 Å². The number of piperidine rings is 2. The third-order valence-corrected chi connectivity index (χ3v) is 15.3. The van der Waals surface area contributed by atoms with E-state index in [9.17, 15) is 35.1 Å². The summed E-state index contributed by atoms with van der Waals surface area (Å²) in [7, 11) is 0. The largest absolute Gasteiger partial charge is 0.452 e. The summed E-state index contributed by atoms with van der Waals surface area (Å²) in [6, 6.07) is 8.14. The molecule has 3 unspecified atom stereocenters. The number of aliphatic hydroxyl groups is 5. The Morgan fingerprint density at radius 3 is 2.34 bits per heavy atom. The molecule has 1 spiro atoms. The fourth-order valence-corrected chi connectivity index (χ4v) is 12.7. The Kier molecular flexibility index (Phi) is 7.52. The number of benzene rings is 1. The summed E-state index contributed by atoms with van der Waals surface area (Å²) >= 11 is 0. The van der Waals surface area contributed by atoms with E-state index in [1.807, 2.05) is 0 Å². The van der Waals surface area contributed by atoms with E-state index in [2.05, 4.69) is 18.7 Å². The van der Waals surface area contributed by atoms with Gasteiger partial charge in [-0.05, 0) is 77.3 Å². The van der Waals surface area contributed by atoms with Gasteiger partial charge in [0, 0.05) is 60.7 Å². The van der Waals surface area contributed by atoms with E-state index >= 15 is 0 Å². The van der Waals surface area contributed by atoms with Crippen LogP contribution in [0.15, 0.2) is 42.0 Å². The molecule has 4 saturated carbocycles. The van der Waals surface area contributed by atoms with Crippen LogP contribution in [-0.2, 0) is 19.0 Å². The zero-order chi connectivity index (χ0) is 35.9. The van der Waals surface area contributed by atoms with Crippen molar-refractivity contribution < 1.29 is 49.3 Å². The van der Waals surface area contributed by atoms with Crippen molar-refractivity contribution >= 4 is 11.9 Å². The van der Waals surface area contributed by atoms with Gasteiger partial charge < -0.3 is 39.7 Å². The molecule has 5 N–H and O–H groups in total. The van der Waals surface area contributed by atoms with Crippen molar-refractivity contribution in [3.05, 3.63) is 47.5 Å². The number of carbonyl (C=O) groups is 2. The first-order chi connectivity index (χ1) is 23.4. The molecule has 0 aromatic heterocycles. The molecule has 4 aliphatic carbocycles. The number of fused-ring (bicyclic) bond motifs is 5. The van der Waals surface area contributed by atoms with Crippen LogP contribution in [0.3, 0.4) is 0 Å². The molecule has 3 heterocycles. The molecule has 3 aliphatic heterocycles. The fourth-order valence-electron chi connectivity index (χ4n) is 12.7. The van der Waals surface area contributed by atoms with Gasteiger partial charge in [0.25, 0.3) is 5.79 Å². The number of nitrogens with zero attached hydrogens (tertiary/aromatic N) is 1. The normalized spacial score (nSPS) is 52.3. The van der Waals surface area contributed by atoms with Crippen LogP contribution in [0.1, 0.15) is 96.3 Å². The summed E-state index contributed by atoms with van der Waals surface area (Å²) in [6.07, 6.45) is 1.84. The van der Waals surface area contributed by atoms with Crippen molar-refractivity contribution in [1.29, 1.82) is 0 Å². The molecule has 274 valence electrons.